The number of aliphatic hydroxyl groups is 2. The van der Waals surface area contributed by atoms with E-state index >= 15 is 0 Å². The lowest BCUT2D eigenvalue weighted by Gasteiger charge is -2.37. The molecule has 1 unspecified atom stereocenters. The van der Waals surface area contributed by atoms with Gasteiger partial charge in [-0.15, -0.1) is 0 Å². The van der Waals surface area contributed by atoms with Gasteiger partial charge in [-0.05, 0) is 60.5 Å². The van der Waals surface area contributed by atoms with Crippen LogP contribution in [0.4, 0.5) is 4.79 Å². The van der Waals surface area contributed by atoms with Crippen molar-refractivity contribution in [1.82, 2.24) is 15.1 Å². The van der Waals surface area contributed by atoms with Gasteiger partial charge in [0.05, 0.1) is 30.3 Å². The van der Waals surface area contributed by atoms with E-state index in [1.807, 2.05) is 30.3 Å². The number of hydrogen-bond donors (Lipinski definition) is 4. The van der Waals surface area contributed by atoms with Gasteiger partial charge in [0.25, 0.3) is 17.7 Å². The molecule has 1 aliphatic heterocycles. The molecule has 1 fully saturated rings. The molecule has 3 atom stereocenters. The lowest BCUT2D eigenvalue weighted by molar-refractivity contribution is -0.161. The average Bonchev–Trinajstić information content (AvgIpc) is 3.19. The Balaban J connectivity index is 2.38. The Bertz CT molecular complexity index is 1010. The van der Waals surface area contributed by atoms with Crippen molar-refractivity contribution >= 4 is 23.8 Å². The monoisotopic (exact) mass is 534 g/mol. The highest BCUT2D eigenvalue weighted by atomic mass is 16.6. The fraction of sp³-hybridized carbons (Fsp3) is 0.630. The molecule has 2 rings (SSSR count). The second-order valence-electron chi connectivity index (χ2n) is 11.9. The van der Waals surface area contributed by atoms with Gasteiger partial charge in [0.15, 0.2) is 0 Å². The van der Waals surface area contributed by atoms with Crippen LogP contribution in [0.2, 0.25) is 0 Å². The molecule has 11 heteroatoms. The van der Waals surface area contributed by atoms with E-state index in [1.54, 1.807) is 20.8 Å². The summed E-state index contributed by atoms with van der Waals surface area (Å²) in [5.74, 6) is -2.85. The maximum absolute atomic E-state index is 13.8. The Morgan fingerprint density at radius 3 is 2.16 bits per heavy atom. The Kier molecular flexibility index (Phi) is 9.82. The summed E-state index contributed by atoms with van der Waals surface area (Å²) in [7, 11) is 0. The van der Waals surface area contributed by atoms with Crippen LogP contribution in [0, 0.1) is 0 Å². The van der Waals surface area contributed by atoms with Crippen molar-refractivity contribution in [2.24, 2.45) is 5.73 Å². The molecular formula is C27H42N4O7. The topological polar surface area (TPSA) is 162 Å². The summed E-state index contributed by atoms with van der Waals surface area (Å²) >= 11 is 0. The Labute approximate surface area is 224 Å². The molecule has 0 bridgehead atoms. The first-order chi connectivity index (χ1) is 17.4. The summed E-state index contributed by atoms with van der Waals surface area (Å²) in [5, 5.41) is 23.3. The summed E-state index contributed by atoms with van der Waals surface area (Å²) in [6, 6.07) is 7.45. The van der Waals surface area contributed by atoms with Crippen LogP contribution in [0.25, 0.3) is 0 Å². The lowest BCUT2D eigenvalue weighted by Crippen LogP contribution is -2.66. The number of nitrogens with one attached hydrogen (secondary N) is 1. The van der Waals surface area contributed by atoms with Crippen molar-refractivity contribution in [3.05, 3.63) is 35.9 Å². The van der Waals surface area contributed by atoms with Gasteiger partial charge in [0, 0.05) is 12.5 Å². The standard InChI is InChI=1S/C27H42N4O7/c1-25(2,3)38-24(37)30-15-19(33)14-20(30)21(34)31(22(35)26(4,5)28)23(36)27(6,7)29-18(16-32)13-17-11-9-8-10-12-17/h8-12,18-20,29,32-33H,13-16,28H2,1-7H3/t18?,19-,20-/m0/s1. The van der Waals surface area contributed by atoms with Crippen molar-refractivity contribution in [3.63, 3.8) is 0 Å². The van der Waals surface area contributed by atoms with Crippen LogP contribution in [0.5, 0.6) is 0 Å². The number of carbonyl (C=O) groups excluding carboxylic acids is 4. The van der Waals surface area contributed by atoms with Crippen molar-refractivity contribution in [2.75, 3.05) is 13.2 Å². The Morgan fingerprint density at radius 2 is 1.66 bits per heavy atom. The quantitative estimate of drug-likeness (QED) is 0.380. The van der Waals surface area contributed by atoms with E-state index in [-0.39, 0.29) is 19.6 Å². The fourth-order valence-electron chi connectivity index (χ4n) is 4.21. The number of β-amino-alcohol motifs (C(OH)–C–C–N with tert-alkyl or cyclic N) is 1. The molecule has 0 spiro atoms. The predicted molar refractivity (Wildman–Crippen MR) is 141 cm³/mol. The molecule has 0 saturated carbocycles. The molecule has 212 valence electrons. The molecule has 38 heavy (non-hydrogen) atoms. The molecule has 4 amide bonds. The van der Waals surface area contributed by atoms with Gasteiger partial charge in [0.2, 0.25) is 0 Å². The molecular weight excluding hydrogens is 492 g/mol. The van der Waals surface area contributed by atoms with Crippen LogP contribution in [-0.2, 0) is 25.5 Å². The second-order valence-corrected chi connectivity index (χ2v) is 11.9. The van der Waals surface area contributed by atoms with Gasteiger partial charge < -0.3 is 20.7 Å². The van der Waals surface area contributed by atoms with E-state index in [9.17, 15) is 29.4 Å². The highest BCUT2D eigenvalue weighted by Crippen LogP contribution is 2.25. The number of nitrogens with two attached hydrogens (primary N) is 1. The molecule has 0 aromatic heterocycles. The van der Waals surface area contributed by atoms with E-state index in [4.69, 9.17) is 10.5 Å². The number of likely N-dealkylation sites (tertiary alicyclic amines) is 1. The molecule has 11 nitrogen and oxygen atoms in total. The first-order valence-corrected chi connectivity index (χ1v) is 12.7. The van der Waals surface area contributed by atoms with Gasteiger partial charge in [-0.2, -0.15) is 0 Å². The molecule has 1 aromatic rings. The summed E-state index contributed by atoms with van der Waals surface area (Å²) in [4.78, 5) is 55.3. The third-order valence-electron chi connectivity index (χ3n) is 6.01. The minimum Gasteiger partial charge on any atom is -0.444 e. The Morgan fingerprint density at radius 1 is 1.08 bits per heavy atom. The summed E-state index contributed by atoms with van der Waals surface area (Å²) < 4.78 is 5.38. The lowest BCUT2D eigenvalue weighted by atomic mass is 9.96. The first-order valence-electron chi connectivity index (χ1n) is 12.7. The van der Waals surface area contributed by atoms with E-state index in [0.717, 1.165) is 10.5 Å². The molecule has 1 aliphatic rings. The second kappa shape index (κ2) is 11.9. The van der Waals surface area contributed by atoms with Crippen LogP contribution >= 0.6 is 0 Å². The SMILES string of the molecule is CC(C)(C)OC(=O)N1C[C@@H](O)C[C@H]1C(=O)N(C(=O)C(C)(C)N)C(=O)C(C)(C)NC(CO)Cc1ccccc1. The van der Waals surface area contributed by atoms with E-state index in [0.29, 0.717) is 11.3 Å². The van der Waals surface area contributed by atoms with Crippen molar-refractivity contribution in [1.29, 1.82) is 0 Å². The smallest absolute Gasteiger partial charge is 0.411 e. The number of imide groups is 3. The van der Waals surface area contributed by atoms with Gasteiger partial charge >= 0.3 is 6.09 Å². The highest BCUT2D eigenvalue weighted by molar-refractivity contribution is 6.17. The van der Waals surface area contributed by atoms with E-state index < -0.39 is 58.7 Å². The van der Waals surface area contributed by atoms with Crippen molar-refractivity contribution in [2.45, 2.75) is 96.2 Å². The molecule has 1 heterocycles. The van der Waals surface area contributed by atoms with Crippen LogP contribution in [-0.4, -0.2) is 91.8 Å². The van der Waals surface area contributed by atoms with Crippen LogP contribution in [0.15, 0.2) is 30.3 Å². The maximum Gasteiger partial charge on any atom is 0.411 e. The zero-order valence-corrected chi connectivity index (χ0v) is 23.4. The number of amides is 4. The minimum absolute atomic E-state index is 0.179. The zero-order valence-electron chi connectivity index (χ0n) is 23.4. The average molecular weight is 535 g/mol. The molecule has 5 N–H and O–H groups in total. The number of ether oxygens (including phenoxy) is 1. The summed E-state index contributed by atoms with van der Waals surface area (Å²) in [6.07, 6.45) is -1.69. The number of benzene rings is 1. The number of rotatable bonds is 8. The zero-order chi connectivity index (χ0) is 29.1. The Hall–Kier alpha value is -2.86. The highest BCUT2D eigenvalue weighted by Gasteiger charge is 2.50. The number of hydrogen-bond acceptors (Lipinski definition) is 9. The van der Waals surface area contributed by atoms with Gasteiger partial charge in [-0.1, -0.05) is 30.3 Å². The third kappa shape index (κ3) is 8.07. The molecule has 1 aromatic carbocycles. The summed E-state index contributed by atoms with van der Waals surface area (Å²) in [6.45, 7) is 10.2. The predicted octanol–water partition coefficient (Wildman–Crippen LogP) is 0.948. The van der Waals surface area contributed by atoms with Crippen molar-refractivity contribution in [3.8, 4) is 0 Å². The first kappa shape index (κ1) is 31.4. The van der Waals surface area contributed by atoms with Gasteiger partial charge in [0.1, 0.15) is 11.6 Å². The van der Waals surface area contributed by atoms with Gasteiger partial charge in [-0.3, -0.25) is 24.6 Å². The van der Waals surface area contributed by atoms with E-state index in [2.05, 4.69) is 5.32 Å². The third-order valence-corrected chi connectivity index (χ3v) is 6.01. The number of nitrogens with zero attached hydrogens (tertiary/aromatic N) is 2. The maximum atomic E-state index is 13.8. The summed E-state index contributed by atoms with van der Waals surface area (Å²) in [5.41, 5.74) is 2.98. The van der Waals surface area contributed by atoms with Crippen LogP contribution < -0.4 is 11.1 Å². The largest absolute Gasteiger partial charge is 0.444 e. The van der Waals surface area contributed by atoms with Gasteiger partial charge in [-0.25, -0.2) is 9.69 Å². The molecule has 0 radical (unpaired) electrons. The fourth-order valence-corrected chi connectivity index (χ4v) is 4.21. The minimum atomic E-state index is -1.60. The van der Waals surface area contributed by atoms with Crippen LogP contribution in [0.1, 0.15) is 60.5 Å². The molecule has 0 aliphatic carbocycles. The normalized spacial score (nSPS) is 19.2. The molecule has 1 saturated heterocycles. The van der Waals surface area contributed by atoms with Crippen LogP contribution in [0.3, 0.4) is 0 Å². The van der Waals surface area contributed by atoms with Crippen molar-refractivity contribution < 1.29 is 34.1 Å². The van der Waals surface area contributed by atoms with E-state index in [1.165, 1.54) is 27.7 Å². The number of carbonyl (C=O) groups is 4. The number of aliphatic hydroxyl groups excluding tert-OH is 2.